The Kier molecular flexibility index (Phi) is 3.57. The summed E-state index contributed by atoms with van der Waals surface area (Å²) < 4.78 is 1.68. The Morgan fingerprint density at radius 2 is 2.16 bits per heavy atom. The number of nitrogens with zero attached hydrogens (tertiary/aromatic N) is 4. The van der Waals surface area contributed by atoms with Crippen LogP contribution in [0.15, 0.2) is 18.6 Å². The zero-order valence-corrected chi connectivity index (χ0v) is 10.8. The first-order valence-corrected chi connectivity index (χ1v) is 5.83. The van der Waals surface area contributed by atoms with Crippen molar-refractivity contribution in [1.82, 2.24) is 14.8 Å². The van der Waals surface area contributed by atoms with Gasteiger partial charge in [-0.1, -0.05) is 0 Å². The lowest BCUT2D eigenvalue weighted by molar-refractivity contribution is -0.386. The van der Waals surface area contributed by atoms with E-state index in [2.05, 4.69) is 10.1 Å². The number of hydrogen-bond donors (Lipinski definition) is 1. The summed E-state index contributed by atoms with van der Waals surface area (Å²) in [7, 11) is 0. The lowest BCUT2D eigenvalue weighted by atomic mass is 10.1. The minimum atomic E-state index is -0.371. The fraction of sp³-hybridized carbons (Fsp3) is 0.333. The van der Waals surface area contributed by atoms with Crippen LogP contribution >= 0.6 is 0 Å². The molecule has 2 aromatic heterocycles. The molecule has 0 amide bonds. The van der Waals surface area contributed by atoms with E-state index in [9.17, 15) is 10.1 Å². The van der Waals surface area contributed by atoms with Crippen molar-refractivity contribution >= 4 is 5.69 Å². The van der Waals surface area contributed by atoms with Crippen LogP contribution in [0, 0.1) is 24.0 Å². The van der Waals surface area contributed by atoms with Gasteiger partial charge >= 0.3 is 0 Å². The molecule has 7 heteroatoms. The summed E-state index contributed by atoms with van der Waals surface area (Å²) in [4.78, 5) is 14.9. The van der Waals surface area contributed by atoms with Crippen molar-refractivity contribution in [3.63, 3.8) is 0 Å². The highest BCUT2D eigenvalue weighted by atomic mass is 16.6. The zero-order chi connectivity index (χ0) is 14.0. The van der Waals surface area contributed by atoms with Crippen LogP contribution in [0.25, 0.3) is 0 Å². The van der Waals surface area contributed by atoms with Crippen LogP contribution in [0.4, 0.5) is 5.69 Å². The zero-order valence-electron chi connectivity index (χ0n) is 10.8. The number of nitrogens with two attached hydrogens (primary N) is 1. The van der Waals surface area contributed by atoms with Gasteiger partial charge in [-0.2, -0.15) is 5.10 Å². The number of hydrogen-bond acceptors (Lipinski definition) is 5. The van der Waals surface area contributed by atoms with Crippen molar-refractivity contribution in [2.75, 3.05) is 0 Å². The van der Waals surface area contributed by atoms with Crippen LogP contribution in [-0.2, 0) is 13.1 Å². The maximum atomic E-state index is 11.0. The summed E-state index contributed by atoms with van der Waals surface area (Å²) in [5.74, 6) is 0. The molecule has 2 heterocycles. The van der Waals surface area contributed by atoms with Gasteiger partial charge in [0.15, 0.2) is 0 Å². The lowest BCUT2D eigenvalue weighted by Crippen LogP contribution is -2.07. The molecule has 19 heavy (non-hydrogen) atoms. The number of rotatable bonds is 4. The molecule has 2 aromatic rings. The first kappa shape index (κ1) is 13.2. The predicted molar refractivity (Wildman–Crippen MR) is 69.6 cm³/mol. The molecule has 0 bridgehead atoms. The molecule has 0 radical (unpaired) electrons. The fourth-order valence-corrected chi connectivity index (χ4v) is 1.96. The normalized spacial score (nSPS) is 10.7. The van der Waals surface area contributed by atoms with Crippen molar-refractivity contribution in [3.8, 4) is 0 Å². The van der Waals surface area contributed by atoms with Crippen LogP contribution < -0.4 is 5.73 Å². The van der Waals surface area contributed by atoms with E-state index in [1.54, 1.807) is 24.7 Å². The summed E-state index contributed by atoms with van der Waals surface area (Å²) >= 11 is 0. The number of nitro groups is 1. The van der Waals surface area contributed by atoms with Crippen molar-refractivity contribution < 1.29 is 4.92 Å². The van der Waals surface area contributed by atoms with E-state index >= 15 is 0 Å². The van der Waals surface area contributed by atoms with Crippen LogP contribution in [0.2, 0.25) is 0 Å². The molecule has 0 atom stereocenters. The Morgan fingerprint density at radius 3 is 2.74 bits per heavy atom. The molecule has 0 saturated heterocycles. The molecule has 2 rings (SSSR count). The van der Waals surface area contributed by atoms with Gasteiger partial charge < -0.3 is 5.73 Å². The molecule has 0 aliphatic heterocycles. The highest BCUT2D eigenvalue weighted by Gasteiger charge is 2.18. The summed E-state index contributed by atoms with van der Waals surface area (Å²) in [5.41, 5.74) is 8.33. The lowest BCUT2D eigenvalue weighted by Gasteiger charge is -2.07. The standard InChI is InChI=1S/C12H15N5O2/c1-8-4-14-11(9(2)12(8)17(18)19)7-16-6-10(3-13)5-15-16/h4-6H,3,7,13H2,1-2H3. The van der Waals surface area contributed by atoms with Crippen LogP contribution in [0.3, 0.4) is 0 Å². The number of pyridine rings is 1. The second kappa shape index (κ2) is 5.15. The Labute approximate surface area is 110 Å². The average Bonchev–Trinajstić information content (AvgIpc) is 2.80. The molecule has 0 aromatic carbocycles. The Balaban J connectivity index is 2.35. The monoisotopic (exact) mass is 261 g/mol. The average molecular weight is 261 g/mol. The van der Waals surface area contributed by atoms with E-state index in [0.29, 0.717) is 29.9 Å². The van der Waals surface area contributed by atoms with Gasteiger partial charge in [0.05, 0.1) is 28.9 Å². The van der Waals surface area contributed by atoms with Gasteiger partial charge in [-0.05, 0) is 13.8 Å². The molecule has 0 aliphatic rings. The van der Waals surface area contributed by atoms with E-state index in [1.165, 1.54) is 6.20 Å². The molecule has 7 nitrogen and oxygen atoms in total. The highest BCUT2D eigenvalue weighted by molar-refractivity contribution is 5.47. The largest absolute Gasteiger partial charge is 0.326 e. The molecule has 100 valence electrons. The topological polar surface area (TPSA) is 99.9 Å². The number of aromatic nitrogens is 3. The second-order valence-corrected chi connectivity index (χ2v) is 4.37. The fourth-order valence-electron chi connectivity index (χ4n) is 1.96. The van der Waals surface area contributed by atoms with E-state index in [-0.39, 0.29) is 10.6 Å². The third-order valence-electron chi connectivity index (χ3n) is 2.99. The summed E-state index contributed by atoms with van der Waals surface area (Å²) in [6.07, 6.45) is 5.01. The predicted octanol–water partition coefficient (Wildman–Crippen LogP) is 1.31. The SMILES string of the molecule is Cc1cnc(Cn2cc(CN)cn2)c(C)c1[N+](=O)[O-]. The van der Waals surface area contributed by atoms with Gasteiger partial charge in [0.1, 0.15) is 0 Å². The summed E-state index contributed by atoms with van der Waals surface area (Å²) in [5, 5.41) is 15.2. The Bertz CT molecular complexity index is 621. The smallest absolute Gasteiger partial charge is 0.278 e. The maximum absolute atomic E-state index is 11.0. The van der Waals surface area contributed by atoms with E-state index in [0.717, 1.165) is 5.56 Å². The first-order valence-electron chi connectivity index (χ1n) is 5.83. The first-order chi connectivity index (χ1) is 9.02. The Hall–Kier alpha value is -2.28. The van der Waals surface area contributed by atoms with Crippen LogP contribution in [0.1, 0.15) is 22.4 Å². The molecular weight excluding hydrogens is 246 g/mol. The third-order valence-corrected chi connectivity index (χ3v) is 2.99. The maximum Gasteiger partial charge on any atom is 0.278 e. The molecular formula is C12H15N5O2. The third kappa shape index (κ3) is 2.60. The summed E-state index contributed by atoms with van der Waals surface area (Å²) in [6.45, 7) is 4.20. The minimum Gasteiger partial charge on any atom is -0.326 e. The second-order valence-electron chi connectivity index (χ2n) is 4.37. The van der Waals surface area contributed by atoms with E-state index < -0.39 is 0 Å². The van der Waals surface area contributed by atoms with Crippen molar-refractivity contribution in [1.29, 1.82) is 0 Å². The van der Waals surface area contributed by atoms with Crippen LogP contribution in [0.5, 0.6) is 0 Å². The van der Waals surface area contributed by atoms with Gasteiger partial charge in [0.25, 0.3) is 5.69 Å². The molecule has 0 aliphatic carbocycles. The van der Waals surface area contributed by atoms with Gasteiger partial charge in [-0.25, -0.2) is 0 Å². The minimum absolute atomic E-state index is 0.121. The molecule has 0 unspecified atom stereocenters. The van der Waals surface area contributed by atoms with E-state index in [1.807, 2.05) is 6.20 Å². The van der Waals surface area contributed by atoms with E-state index in [4.69, 9.17) is 5.73 Å². The van der Waals surface area contributed by atoms with Gasteiger partial charge in [-0.15, -0.1) is 0 Å². The molecule has 0 spiro atoms. The Morgan fingerprint density at radius 1 is 1.42 bits per heavy atom. The molecule has 0 fully saturated rings. The molecule has 0 saturated carbocycles. The summed E-state index contributed by atoms with van der Waals surface area (Å²) in [6, 6.07) is 0. The quantitative estimate of drug-likeness (QED) is 0.660. The van der Waals surface area contributed by atoms with Crippen LogP contribution in [-0.4, -0.2) is 19.7 Å². The van der Waals surface area contributed by atoms with Crippen molar-refractivity contribution in [3.05, 3.63) is 51.1 Å². The van der Waals surface area contributed by atoms with Crippen molar-refractivity contribution in [2.45, 2.75) is 26.9 Å². The number of aryl methyl sites for hydroxylation is 1. The molecule has 2 N–H and O–H groups in total. The van der Waals surface area contributed by atoms with Crippen molar-refractivity contribution in [2.24, 2.45) is 5.73 Å². The van der Waals surface area contributed by atoms with Gasteiger partial charge in [0.2, 0.25) is 0 Å². The van der Waals surface area contributed by atoms with Gasteiger partial charge in [-0.3, -0.25) is 19.8 Å². The highest BCUT2D eigenvalue weighted by Crippen LogP contribution is 2.24. The van der Waals surface area contributed by atoms with Gasteiger partial charge in [0, 0.05) is 30.1 Å².